The topological polar surface area (TPSA) is 41.1 Å². The summed E-state index contributed by atoms with van der Waals surface area (Å²) in [5.74, 6) is 0.0189. The Morgan fingerprint density at radius 2 is 1.73 bits per heavy atom. The van der Waals surface area contributed by atoms with Crippen molar-refractivity contribution < 1.29 is 4.79 Å². The lowest BCUT2D eigenvalue weighted by Crippen LogP contribution is -2.43. The van der Waals surface area contributed by atoms with Gasteiger partial charge in [-0.05, 0) is 12.8 Å². The van der Waals surface area contributed by atoms with Crippen LogP contribution in [0.1, 0.15) is 47.5 Å². The minimum Gasteiger partial charge on any atom is -0.291 e. The Labute approximate surface area is 93.3 Å². The van der Waals surface area contributed by atoms with Crippen LogP contribution in [0.25, 0.3) is 0 Å². The van der Waals surface area contributed by atoms with Crippen LogP contribution >= 0.6 is 0 Å². The van der Waals surface area contributed by atoms with Gasteiger partial charge < -0.3 is 0 Å². The molecule has 0 bridgehead atoms. The van der Waals surface area contributed by atoms with Gasteiger partial charge in [0.2, 0.25) is 5.91 Å². The molecule has 0 unspecified atom stereocenters. The molecule has 0 aliphatic heterocycles. The van der Waals surface area contributed by atoms with E-state index in [9.17, 15) is 4.79 Å². The Bertz CT molecular complexity index is 220. The zero-order chi connectivity index (χ0) is 11.9. The second-order valence-corrected chi connectivity index (χ2v) is 4.65. The number of amides is 1. The summed E-state index contributed by atoms with van der Waals surface area (Å²) in [5, 5.41) is 0. The monoisotopic (exact) mass is 212 g/mol. The molecular formula is C12H24N2O. The largest absolute Gasteiger partial charge is 0.291 e. The first-order valence-electron chi connectivity index (χ1n) is 5.63. The van der Waals surface area contributed by atoms with Crippen molar-refractivity contribution in [2.24, 2.45) is 5.41 Å². The fraction of sp³-hybridized carbons (Fsp3) is 0.750. The summed E-state index contributed by atoms with van der Waals surface area (Å²) in [7, 11) is 0. The van der Waals surface area contributed by atoms with Crippen LogP contribution in [0.5, 0.6) is 0 Å². The van der Waals surface area contributed by atoms with E-state index < -0.39 is 0 Å². The Balaban J connectivity index is 3.81. The maximum absolute atomic E-state index is 11.5. The zero-order valence-electron chi connectivity index (χ0n) is 10.6. The molecule has 0 aromatic rings. The first-order chi connectivity index (χ1) is 6.91. The predicted octanol–water partition coefficient (Wildman–Crippen LogP) is 2.40. The summed E-state index contributed by atoms with van der Waals surface area (Å²) in [5.41, 5.74) is 6.68. The molecule has 88 valence electrons. The molecule has 3 heteroatoms. The molecule has 1 amide bonds. The standard InChI is InChI=1S/C12H24N2O/c1-6-10(7-2)8-9-13-14-11(15)12(3,4)5/h8,13H,6-7,9H2,1-5H3,(H,14,15). The van der Waals surface area contributed by atoms with E-state index in [4.69, 9.17) is 0 Å². The molecular weight excluding hydrogens is 188 g/mol. The summed E-state index contributed by atoms with van der Waals surface area (Å²) in [6.07, 6.45) is 4.28. The Kier molecular flexibility index (Phi) is 6.25. The first kappa shape index (κ1) is 14.2. The van der Waals surface area contributed by atoms with Gasteiger partial charge >= 0.3 is 0 Å². The third kappa shape index (κ3) is 6.28. The minimum atomic E-state index is -0.338. The van der Waals surface area contributed by atoms with E-state index in [2.05, 4.69) is 30.8 Å². The Morgan fingerprint density at radius 1 is 1.20 bits per heavy atom. The molecule has 0 fully saturated rings. The molecule has 0 atom stereocenters. The number of nitrogens with one attached hydrogen (secondary N) is 2. The van der Waals surface area contributed by atoms with Crippen LogP contribution in [0.15, 0.2) is 11.6 Å². The van der Waals surface area contributed by atoms with E-state index in [0.29, 0.717) is 6.54 Å². The van der Waals surface area contributed by atoms with Crippen molar-refractivity contribution in [1.29, 1.82) is 0 Å². The SMILES string of the molecule is CCC(=CCNNC(=O)C(C)(C)C)CC. The molecule has 0 saturated heterocycles. The van der Waals surface area contributed by atoms with Crippen molar-refractivity contribution >= 4 is 5.91 Å². The molecule has 3 nitrogen and oxygen atoms in total. The van der Waals surface area contributed by atoms with Crippen molar-refractivity contribution in [3.05, 3.63) is 11.6 Å². The Hall–Kier alpha value is -0.830. The average molecular weight is 212 g/mol. The van der Waals surface area contributed by atoms with Crippen molar-refractivity contribution in [3.63, 3.8) is 0 Å². The second kappa shape index (κ2) is 6.62. The van der Waals surface area contributed by atoms with Crippen molar-refractivity contribution in [2.45, 2.75) is 47.5 Å². The predicted molar refractivity (Wildman–Crippen MR) is 64.3 cm³/mol. The highest BCUT2D eigenvalue weighted by Crippen LogP contribution is 2.11. The number of hydrogen-bond donors (Lipinski definition) is 2. The van der Waals surface area contributed by atoms with Gasteiger partial charge in [-0.2, -0.15) is 0 Å². The third-order valence-electron chi connectivity index (χ3n) is 2.28. The van der Waals surface area contributed by atoms with Crippen molar-refractivity contribution in [3.8, 4) is 0 Å². The van der Waals surface area contributed by atoms with Gasteiger partial charge in [-0.15, -0.1) is 0 Å². The molecule has 15 heavy (non-hydrogen) atoms. The van der Waals surface area contributed by atoms with Crippen molar-refractivity contribution in [1.82, 2.24) is 10.9 Å². The highest BCUT2D eigenvalue weighted by molar-refractivity contribution is 5.80. The van der Waals surface area contributed by atoms with Crippen LogP contribution in [-0.2, 0) is 4.79 Å². The fourth-order valence-corrected chi connectivity index (χ4v) is 1.05. The summed E-state index contributed by atoms with van der Waals surface area (Å²) >= 11 is 0. The lowest BCUT2D eigenvalue weighted by atomic mass is 9.96. The molecule has 0 spiro atoms. The number of hydrazine groups is 1. The number of carbonyl (C=O) groups excluding carboxylic acids is 1. The fourth-order valence-electron chi connectivity index (χ4n) is 1.05. The van der Waals surface area contributed by atoms with Gasteiger partial charge in [-0.25, -0.2) is 5.43 Å². The molecule has 0 radical (unpaired) electrons. The number of allylic oxidation sites excluding steroid dienone is 1. The van der Waals surface area contributed by atoms with Crippen molar-refractivity contribution in [2.75, 3.05) is 6.54 Å². The summed E-state index contributed by atoms with van der Waals surface area (Å²) in [6, 6.07) is 0. The molecule has 0 heterocycles. The molecule has 0 rings (SSSR count). The van der Waals surface area contributed by atoms with Crippen LogP contribution in [0.3, 0.4) is 0 Å². The van der Waals surface area contributed by atoms with Crippen LogP contribution in [-0.4, -0.2) is 12.5 Å². The minimum absolute atomic E-state index is 0.0189. The third-order valence-corrected chi connectivity index (χ3v) is 2.28. The van der Waals surface area contributed by atoms with Gasteiger partial charge in [0, 0.05) is 12.0 Å². The summed E-state index contributed by atoms with van der Waals surface area (Å²) in [4.78, 5) is 11.5. The molecule has 0 aliphatic carbocycles. The van der Waals surface area contributed by atoms with Gasteiger partial charge in [-0.3, -0.25) is 10.2 Å². The lowest BCUT2D eigenvalue weighted by Gasteiger charge is -2.17. The number of rotatable bonds is 5. The maximum atomic E-state index is 11.5. The van der Waals surface area contributed by atoms with E-state index in [1.807, 2.05) is 20.8 Å². The van der Waals surface area contributed by atoms with E-state index in [0.717, 1.165) is 12.8 Å². The van der Waals surface area contributed by atoms with Crippen LogP contribution < -0.4 is 10.9 Å². The normalized spacial score (nSPS) is 11.0. The zero-order valence-corrected chi connectivity index (χ0v) is 10.6. The molecule has 2 N–H and O–H groups in total. The van der Waals surface area contributed by atoms with Gasteiger partial charge in [0.15, 0.2) is 0 Å². The average Bonchev–Trinajstić information content (AvgIpc) is 2.16. The van der Waals surface area contributed by atoms with E-state index in [1.165, 1.54) is 5.57 Å². The van der Waals surface area contributed by atoms with Crippen LogP contribution in [0.4, 0.5) is 0 Å². The maximum Gasteiger partial charge on any atom is 0.239 e. The molecule has 0 aliphatic rings. The van der Waals surface area contributed by atoms with Gasteiger partial charge in [0.1, 0.15) is 0 Å². The quantitative estimate of drug-likeness (QED) is 0.417. The second-order valence-electron chi connectivity index (χ2n) is 4.65. The number of carbonyl (C=O) groups is 1. The smallest absolute Gasteiger partial charge is 0.239 e. The number of hydrogen-bond acceptors (Lipinski definition) is 2. The van der Waals surface area contributed by atoms with E-state index in [1.54, 1.807) is 0 Å². The molecule has 0 saturated carbocycles. The Morgan fingerprint density at radius 3 is 2.13 bits per heavy atom. The molecule has 0 aromatic heterocycles. The van der Waals surface area contributed by atoms with E-state index in [-0.39, 0.29) is 11.3 Å². The highest BCUT2D eigenvalue weighted by atomic mass is 16.2. The first-order valence-corrected chi connectivity index (χ1v) is 5.63. The summed E-state index contributed by atoms with van der Waals surface area (Å²) in [6.45, 7) is 10.7. The highest BCUT2D eigenvalue weighted by Gasteiger charge is 2.20. The summed E-state index contributed by atoms with van der Waals surface area (Å²) < 4.78 is 0. The lowest BCUT2D eigenvalue weighted by molar-refractivity contribution is -0.129. The van der Waals surface area contributed by atoms with Gasteiger partial charge in [0.25, 0.3) is 0 Å². The molecule has 0 aromatic carbocycles. The van der Waals surface area contributed by atoms with Crippen LogP contribution in [0.2, 0.25) is 0 Å². The van der Waals surface area contributed by atoms with Crippen LogP contribution in [0, 0.1) is 5.41 Å². The van der Waals surface area contributed by atoms with Gasteiger partial charge in [-0.1, -0.05) is 46.3 Å². The van der Waals surface area contributed by atoms with Gasteiger partial charge in [0.05, 0.1) is 0 Å². The van der Waals surface area contributed by atoms with E-state index >= 15 is 0 Å².